The second kappa shape index (κ2) is 4.65. The Morgan fingerprint density at radius 1 is 1.29 bits per heavy atom. The van der Waals surface area contributed by atoms with Crippen LogP contribution in [-0.2, 0) is 0 Å². The summed E-state index contributed by atoms with van der Waals surface area (Å²) in [6, 6.07) is 0. The Kier molecular flexibility index (Phi) is 3.99. The molecule has 14 heavy (non-hydrogen) atoms. The van der Waals surface area contributed by atoms with Crippen LogP contribution in [0.4, 0.5) is 4.39 Å². The van der Waals surface area contributed by atoms with Gasteiger partial charge in [-0.1, -0.05) is 0 Å². The third-order valence-electron chi connectivity index (χ3n) is 3.29. The second-order valence-corrected chi connectivity index (χ2v) is 5.53. The van der Waals surface area contributed by atoms with E-state index in [9.17, 15) is 4.39 Å². The van der Waals surface area contributed by atoms with E-state index < -0.39 is 5.67 Å². The van der Waals surface area contributed by atoms with Crippen molar-refractivity contribution in [2.24, 2.45) is 11.8 Å². The Morgan fingerprint density at radius 2 is 1.79 bits per heavy atom. The summed E-state index contributed by atoms with van der Waals surface area (Å²) in [6.45, 7) is 3.36. The molecule has 0 bridgehead atoms. The molecule has 1 nitrogen and oxygen atoms in total. The fourth-order valence-corrected chi connectivity index (χ4v) is 2.78. The Hall–Kier alpha value is -0.0500. The fourth-order valence-electron chi connectivity index (χ4n) is 2.21. The highest BCUT2D eigenvalue weighted by Gasteiger charge is 2.33. The van der Waals surface area contributed by atoms with Crippen LogP contribution in [0.3, 0.4) is 0 Å². The van der Waals surface area contributed by atoms with Crippen LogP contribution < -0.4 is 0 Å². The maximum atomic E-state index is 13.6. The molecule has 82 valence electrons. The molecule has 1 rings (SSSR count). The molecule has 1 fully saturated rings. The smallest absolute Gasteiger partial charge is 0.108 e. The van der Waals surface area contributed by atoms with Crippen molar-refractivity contribution in [3.63, 3.8) is 0 Å². The van der Waals surface area contributed by atoms with E-state index in [-0.39, 0.29) is 5.92 Å². The summed E-state index contributed by atoms with van der Waals surface area (Å²) in [5.74, 6) is 0.608. The number of hydrogen-bond acceptors (Lipinski definition) is 2. The average Bonchev–Trinajstić information content (AvgIpc) is 2.15. The van der Waals surface area contributed by atoms with Gasteiger partial charge in [-0.2, -0.15) is 0 Å². The molecule has 0 aromatic carbocycles. The minimum absolute atomic E-state index is 0.202. The van der Waals surface area contributed by atoms with Crippen LogP contribution in [0.25, 0.3) is 0 Å². The van der Waals surface area contributed by atoms with Crippen LogP contribution in [0.2, 0.25) is 0 Å². The standard InChI is InChI=1S/C11H20FNS/c1-11(2,12)9-6-4-8(5-7-9)10(13)14-3/h8-9,13H,4-7H2,1-3H3. The van der Waals surface area contributed by atoms with Gasteiger partial charge in [0.1, 0.15) is 5.67 Å². The highest BCUT2D eigenvalue weighted by Crippen LogP contribution is 2.38. The molecule has 1 aliphatic carbocycles. The highest BCUT2D eigenvalue weighted by atomic mass is 32.2. The molecular weight excluding hydrogens is 197 g/mol. The molecule has 0 amide bonds. The summed E-state index contributed by atoms with van der Waals surface area (Å²) in [4.78, 5) is 0. The van der Waals surface area contributed by atoms with Gasteiger partial charge in [0.2, 0.25) is 0 Å². The van der Waals surface area contributed by atoms with Crippen molar-refractivity contribution in [1.29, 1.82) is 5.41 Å². The lowest BCUT2D eigenvalue weighted by molar-refractivity contribution is 0.0884. The number of rotatable bonds is 2. The van der Waals surface area contributed by atoms with Crippen LogP contribution in [-0.4, -0.2) is 17.0 Å². The van der Waals surface area contributed by atoms with Crippen molar-refractivity contribution in [2.45, 2.75) is 45.2 Å². The predicted octanol–water partition coefficient (Wildman–Crippen LogP) is 3.88. The van der Waals surface area contributed by atoms with Crippen LogP contribution >= 0.6 is 11.8 Å². The van der Waals surface area contributed by atoms with Gasteiger partial charge in [-0.3, -0.25) is 5.41 Å². The summed E-state index contributed by atoms with van der Waals surface area (Å²) >= 11 is 1.53. The molecule has 1 aliphatic rings. The third kappa shape index (κ3) is 2.97. The molecule has 0 unspecified atom stereocenters. The summed E-state index contributed by atoms with van der Waals surface area (Å²) in [5, 5.41) is 8.50. The minimum Gasteiger partial charge on any atom is -0.298 e. The first kappa shape index (κ1) is 12.0. The van der Waals surface area contributed by atoms with Crippen LogP contribution in [0.1, 0.15) is 39.5 Å². The third-order valence-corrected chi connectivity index (χ3v) is 4.06. The number of thioether (sulfide) groups is 1. The first-order chi connectivity index (χ1) is 6.45. The monoisotopic (exact) mass is 217 g/mol. The molecule has 3 heteroatoms. The Morgan fingerprint density at radius 3 is 2.14 bits per heavy atom. The van der Waals surface area contributed by atoms with Crippen molar-refractivity contribution in [1.82, 2.24) is 0 Å². The lowest BCUT2D eigenvalue weighted by Crippen LogP contribution is -2.31. The summed E-state index contributed by atoms with van der Waals surface area (Å²) < 4.78 is 13.6. The van der Waals surface area contributed by atoms with E-state index in [1.54, 1.807) is 13.8 Å². The lowest BCUT2D eigenvalue weighted by atomic mass is 9.76. The predicted molar refractivity (Wildman–Crippen MR) is 61.9 cm³/mol. The van der Waals surface area contributed by atoms with Gasteiger partial charge in [0.15, 0.2) is 0 Å². The van der Waals surface area contributed by atoms with Gasteiger partial charge < -0.3 is 0 Å². The number of nitrogens with one attached hydrogen (secondary N) is 1. The van der Waals surface area contributed by atoms with Crippen molar-refractivity contribution in [3.8, 4) is 0 Å². The zero-order chi connectivity index (χ0) is 10.8. The molecule has 0 aromatic heterocycles. The molecule has 0 saturated heterocycles. The zero-order valence-electron chi connectivity index (χ0n) is 9.27. The van der Waals surface area contributed by atoms with Crippen molar-refractivity contribution in [2.75, 3.05) is 6.26 Å². The molecule has 0 heterocycles. The Labute approximate surface area is 90.4 Å². The van der Waals surface area contributed by atoms with Crippen LogP contribution in [0.15, 0.2) is 0 Å². The number of alkyl halides is 1. The first-order valence-electron chi connectivity index (χ1n) is 5.26. The van der Waals surface area contributed by atoms with E-state index in [1.165, 1.54) is 11.8 Å². The Balaban J connectivity index is 2.43. The molecule has 0 atom stereocenters. The highest BCUT2D eigenvalue weighted by molar-refractivity contribution is 8.13. The molecule has 0 spiro atoms. The molecule has 0 aromatic rings. The Bertz CT molecular complexity index is 202. The molecular formula is C11H20FNS. The summed E-state index contributed by atoms with van der Waals surface area (Å²) in [7, 11) is 0. The lowest BCUT2D eigenvalue weighted by Gasteiger charge is -2.34. The van der Waals surface area contributed by atoms with Gasteiger partial charge >= 0.3 is 0 Å². The van der Waals surface area contributed by atoms with Crippen molar-refractivity contribution in [3.05, 3.63) is 0 Å². The number of hydrogen-bond donors (Lipinski definition) is 1. The largest absolute Gasteiger partial charge is 0.298 e. The van der Waals surface area contributed by atoms with Gasteiger partial charge in [0, 0.05) is 5.92 Å². The van der Waals surface area contributed by atoms with Crippen LogP contribution in [0.5, 0.6) is 0 Å². The molecule has 0 aliphatic heterocycles. The van der Waals surface area contributed by atoms with Gasteiger partial charge in [0.25, 0.3) is 0 Å². The molecule has 1 saturated carbocycles. The zero-order valence-corrected chi connectivity index (χ0v) is 10.1. The minimum atomic E-state index is -1.04. The van der Waals surface area contributed by atoms with Gasteiger partial charge in [-0.15, -0.1) is 11.8 Å². The van der Waals surface area contributed by atoms with Gasteiger partial charge in [-0.05, 0) is 51.7 Å². The van der Waals surface area contributed by atoms with Crippen molar-refractivity contribution >= 4 is 16.8 Å². The van der Waals surface area contributed by atoms with Gasteiger partial charge in [-0.25, -0.2) is 4.39 Å². The van der Waals surface area contributed by atoms with E-state index in [0.29, 0.717) is 5.92 Å². The number of halogens is 1. The maximum absolute atomic E-state index is 13.6. The maximum Gasteiger partial charge on any atom is 0.108 e. The molecule has 1 N–H and O–H groups in total. The van der Waals surface area contributed by atoms with Gasteiger partial charge in [0.05, 0.1) is 5.04 Å². The van der Waals surface area contributed by atoms with Crippen molar-refractivity contribution < 1.29 is 4.39 Å². The van der Waals surface area contributed by atoms with Crippen LogP contribution in [0, 0.1) is 17.2 Å². The first-order valence-corrected chi connectivity index (χ1v) is 6.49. The second-order valence-electron chi connectivity index (χ2n) is 4.68. The van der Waals surface area contributed by atoms with E-state index in [2.05, 4.69) is 0 Å². The average molecular weight is 217 g/mol. The van der Waals surface area contributed by atoms with E-state index in [0.717, 1.165) is 30.7 Å². The molecule has 0 radical (unpaired) electrons. The summed E-state index contributed by atoms with van der Waals surface area (Å²) in [6.07, 6.45) is 5.83. The SMILES string of the molecule is CSC(=N)C1CCC(C(C)(C)F)CC1. The normalized spacial score (nSPS) is 28.9. The topological polar surface area (TPSA) is 23.9 Å². The summed E-state index contributed by atoms with van der Waals surface area (Å²) in [5.41, 5.74) is -1.04. The van der Waals surface area contributed by atoms with E-state index in [4.69, 9.17) is 5.41 Å². The van der Waals surface area contributed by atoms with E-state index >= 15 is 0 Å². The quantitative estimate of drug-likeness (QED) is 0.551. The fraction of sp³-hybridized carbons (Fsp3) is 0.909. The van der Waals surface area contributed by atoms with E-state index in [1.807, 2.05) is 6.26 Å².